The van der Waals surface area contributed by atoms with Gasteiger partial charge in [-0.3, -0.25) is 19.9 Å². The minimum Gasteiger partial charge on any atom is -0.766 e. The number of urea groups is 1. The molecule has 1 aliphatic rings. The zero-order valence-corrected chi connectivity index (χ0v) is 20.9. The number of hydrogen-bond acceptors (Lipinski definition) is 10. The first-order chi connectivity index (χ1) is 17.6. The van der Waals surface area contributed by atoms with Crippen molar-refractivity contribution in [3.8, 4) is 0 Å². The van der Waals surface area contributed by atoms with Gasteiger partial charge in [-0.1, -0.05) is 44.9 Å². The smallest absolute Gasteiger partial charge is 0.340 e. The predicted octanol–water partition coefficient (Wildman–Crippen LogP) is 3.41. The fourth-order valence-electron chi connectivity index (χ4n) is 4.03. The van der Waals surface area contributed by atoms with Crippen LogP contribution in [0.5, 0.6) is 0 Å². The minimum absolute atomic E-state index is 0.215. The van der Waals surface area contributed by atoms with Crippen LogP contribution in [0.25, 0.3) is 0 Å². The van der Waals surface area contributed by atoms with Crippen molar-refractivity contribution in [2.45, 2.75) is 89.5 Å². The second-order valence-corrected chi connectivity index (χ2v) is 8.66. The molecule has 1 aliphatic heterocycles. The predicted molar refractivity (Wildman–Crippen MR) is 132 cm³/mol. The number of hydrazine groups is 1. The lowest BCUT2D eigenvalue weighted by Crippen LogP contribution is -2.65. The van der Waals surface area contributed by atoms with E-state index in [0.29, 0.717) is 50.5 Å². The van der Waals surface area contributed by atoms with Crippen molar-refractivity contribution >= 4 is 30.2 Å². The van der Waals surface area contributed by atoms with Gasteiger partial charge in [-0.05, 0) is 38.5 Å². The lowest BCUT2D eigenvalue weighted by atomic mass is 10.0. The maximum absolute atomic E-state index is 13.1. The summed E-state index contributed by atoms with van der Waals surface area (Å²) in [5.41, 5.74) is 0. The molecule has 0 aliphatic carbocycles. The van der Waals surface area contributed by atoms with Gasteiger partial charge in [0, 0.05) is 13.1 Å². The number of aliphatic imine (C=N–C) groups is 3. The quantitative estimate of drug-likeness (QED) is 0.131. The van der Waals surface area contributed by atoms with Gasteiger partial charge in [0.2, 0.25) is 24.1 Å². The molecule has 36 heavy (non-hydrogen) atoms. The highest BCUT2D eigenvalue weighted by atomic mass is 16.6. The standard InChI is InChI=1S/C24H37N6O6/c31-19-25-14-8-2-1-7-13-22-23(34)28(17-11-5-3-9-15-26-20-32)24(35)29(30(22)36)18-12-6-4-10-16-27-21-33/h22H,1-18H2/q-1. The van der Waals surface area contributed by atoms with Crippen molar-refractivity contribution in [3.05, 3.63) is 5.21 Å². The third kappa shape index (κ3) is 12.1. The van der Waals surface area contributed by atoms with Crippen molar-refractivity contribution in [2.24, 2.45) is 15.0 Å². The first-order valence-corrected chi connectivity index (χ1v) is 12.8. The van der Waals surface area contributed by atoms with E-state index in [-0.39, 0.29) is 13.1 Å². The Hall–Kier alpha value is -3.00. The molecule has 1 saturated heterocycles. The Morgan fingerprint density at radius 3 is 1.58 bits per heavy atom. The average Bonchev–Trinajstić information content (AvgIpc) is 2.87. The number of carbonyl (C=O) groups is 2. The molecule has 3 amide bonds. The number of isocyanates is 3. The van der Waals surface area contributed by atoms with Gasteiger partial charge in [-0.25, -0.2) is 34.2 Å². The van der Waals surface area contributed by atoms with Crippen molar-refractivity contribution in [1.29, 1.82) is 0 Å². The molecule has 1 unspecified atom stereocenters. The number of hydrogen-bond donors (Lipinski definition) is 0. The number of unbranched alkanes of at least 4 members (excludes halogenated alkanes) is 9. The molecule has 1 fully saturated rings. The number of imide groups is 1. The summed E-state index contributed by atoms with van der Waals surface area (Å²) in [6.07, 6.45) is 13.6. The third-order valence-corrected chi connectivity index (χ3v) is 5.99. The molecular weight excluding hydrogens is 468 g/mol. The summed E-state index contributed by atoms with van der Waals surface area (Å²) in [6, 6.07) is -1.53. The van der Waals surface area contributed by atoms with Crippen LogP contribution in [0.15, 0.2) is 15.0 Å². The van der Waals surface area contributed by atoms with Gasteiger partial charge < -0.3 is 5.21 Å². The second-order valence-electron chi connectivity index (χ2n) is 8.66. The monoisotopic (exact) mass is 505 g/mol. The van der Waals surface area contributed by atoms with Gasteiger partial charge in [0.05, 0.1) is 25.7 Å². The summed E-state index contributed by atoms with van der Waals surface area (Å²) >= 11 is 0. The molecule has 0 bridgehead atoms. The van der Waals surface area contributed by atoms with Crippen LogP contribution in [0.3, 0.4) is 0 Å². The summed E-state index contributed by atoms with van der Waals surface area (Å²) in [4.78, 5) is 68.2. The van der Waals surface area contributed by atoms with Crippen molar-refractivity contribution in [2.75, 3.05) is 32.7 Å². The van der Waals surface area contributed by atoms with Crippen molar-refractivity contribution in [1.82, 2.24) is 15.1 Å². The highest BCUT2D eigenvalue weighted by Gasteiger charge is 2.39. The summed E-state index contributed by atoms with van der Waals surface area (Å²) in [5.74, 6) is -0.464. The Kier molecular flexibility index (Phi) is 17.4. The van der Waals surface area contributed by atoms with E-state index < -0.39 is 18.0 Å². The summed E-state index contributed by atoms with van der Waals surface area (Å²) in [7, 11) is 0. The van der Waals surface area contributed by atoms with E-state index in [0.717, 1.165) is 62.8 Å². The lowest BCUT2D eigenvalue weighted by Gasteiger charge is -2.51. The average molecular weight is 506 g/mol. The fourth-order valence-corrected chi connectivity index (χ4v) is 4.03. The summed E-state index contributed by atoms with van der Waals surface area (Å²) < 4.78 is 0. The molecule has 0 aromatic rings. The summed E-state index contributed by atoms with van der Waals surface area (Å²) in [6.45, 7) is 1.69. The molecule has 1 atom stereocenters. The Balaban J connectivity index is 2.66. The maximum Gasteiger partial charge on any atom is 0.340 e. The van der Waals surface area contributed by atoms with E-state index in [1.54, 1.807) is 0 Å². The SMILES string of the molecule is O=C=NCCCCCCC1C(=O)N(CCCCCCN=C=O)C(=O)N(CCCCCCN=C=O)N1[O-]. The van der Waals surface area contributed by atoms with Gasteiger partial charge in [-0.2, -0.15) is 0 Å². The Morgan fingerprint density at radius 1 is 0.639 bits per heavy atom. The van der Waals surface area contributed by atoms with Crippen LogP contribution in [0, 0.1) is 5.21 Å². The molecule has 0 aromatic carbocycles. The van der Waals surface area contributed by atoms with E-state index in [1.807, 2.05) is 0 Å². The first kappa shape index (κ1) is 31.0. The molecule has 0 radical (unpaired) electrons. The van der Waals surface area contributed by atoms with E-state index in [9.17, 15) is 29.2 Å². The first-order valence-electron chi connectivity index (χ1n) is 12.8. The molecule has 12 nitrogen and oxygen atoms in total. The topological polar surface area (TPSA) is 155 Å². The molecular formula is C24H37N6O6-. The second kappa shape index (κ2) is 20.2. The third-order valence-electron chi connectivity index (χ3n) is 5.99. The molecule has 12 heteroatoms. The molecule has 0 spiro atoms. The number of nitrogens with zero attached hydrogens (tertiary/aromatic N) is 6. The number of rotatable bonds is 21. The zero-order chi connectivity index (χ0) is 26.4. The normalized spacial score (nSPS) is 15.9. The van der Waals surface area contributed by atoms with E-state index >= 15 is 0 Å². The van der Waals surface area contributed by atoms with Crippen LogP contribution in [0.4, 0.5) is 4.79 Å². The van der Waals surface area contributed by atoms with Gasteiger partial charge in [0.25, 0.3) is 0 Å². The van der Waals surface area contributed by atoms with Gasteiger partial charge in [-0.15, -0.1) is 0 Å². The number of carbonyl (C=O) groups excluding carboxylic acids is 5. The van der Waals surface area contributed by atoms with Crippen LogP contribution in [0.2, 0.25) is 0 Å². The molecule has 0 saturated carbocycles. The van der Waals surface area contributed by atoms with E-state index in [1.165, 1.54) is 23.1 Å². The minimum atomic E-state index is -0.945. The van der Waals surface area contributed by atoms with Gasteiger partial charge in [0.15, 0.2) is 0 Å². The largest absolute Gasteiger partial charge is 0.766 e. The van der Waals surface area contributed by atoms with Crippen LogP contribution in [0.1, 0.15) is 83.5 Å². The van der Waals surface area contributed by atoms with Crippen molar-refractivity contribution in [3.63, 3.8) is 0 Å². The van der Waals surface area contributed by atoms with Gasteiger partial charge in [0.1, 0.15) is 0 Å². The molecule has 1 rings (SSSR count). The van der Waals surface area contributed by atoms with E-state index in [4.69, 9.17) is 0 Å². The van der Waals surface area contributed by atoms with Crippen molar-refractivity contribution < 1.29 is 24.0 Å². The molecule has 0 aromatic heterocycles. The number of hydroxylamine groups is 1. The lowest BCUT2D eigenvalue weighted by molar-refractivity contribution is -0.147. The van der Waals surface area contributed by atoms with Crippen LogP contribution in [-0.2, 0) is 19.2 Å². The molecule has 0 N–H and O–H groups in total. The fraction of sp³-hybridized carbons (Fsp3) is 0.792. The Bertz CT molecular complexity index is 755. The molecule has 200 valence electrons. The Labute approximate surface area is 212 Å². The van der Waals surface area contributed by atoms with Gasteiger partial charge >= 0.3 is 6.03 Å². The zero-order valence-electron chi connectivity index (χ0n) is 20.9. The van der Waals surface area contributed by atoms with Crippen LogP contribution in [-0.4, -0.2) is 84.0 Å². The van der Waals surface area contributed by atoms with Crippen LogP contribution < -0.4 is 0 Å². The summed E-state index contributed by atoms with van der Waals surface area (Å²) in [5, 5.41) is 14.7. The Morgan fingerprint density at radius 2 is 1.08 bits per heavy atom. The highest BCUT2D eigenvalue weighted by molar-refractivity contribution is 5.99. The highest BCUT2D eigenvalue weighted by Crippen LogP contribution is 2.23. The van der Waals surface area contributed by atoms with E-state index in [2.05, 4.69) is 15.0 Å². The molecule has 1 heterocycles. The van der Waals surface area contributed by atoms with Crippen LogP contribution >= 0.6 is 0 Å². The maximum atomic E-state index is 13.1. The number of amides is 3.